The highest BCUT2D eigenvalue weighted by atomic mass is 16.7. The summed E-state index contributed by atoms with van der Waals surface area (Å²) in [6.45, 7) is 3.75. The summed E-state index contributed by atoms with van der Waals surface area (Å²) >= 11 is 0. The Hall–Kier alpha value is -1.33. The Labute approximate surface area is 324 Å². The van der Waals surface area contributed by atoms with Gasteiger partial charge >= 0.3 is 0 Å². The van der Waals surface area contributed by atoms with Gasteiger partial charge in [0.05, 0.1) is 25.4 Å². The molecule has 1 amide bonds. The van der Waals surface area contributed by atoms with E-state index in [2.05, 4.69) is 31.3 Å². The van der Waals surface area contributed by atoms with Crippen LogP contribution in [0.15, 0.2) is 24.3 Å². The molecule has 0 aromatic rings. The molecular weight excluding hydrogens is 670 g/mol. The Balaban J connectivity index is 2.37. The van der Waals surface area contributed by atoms with Crippen molar-refractivity contribution in [3.8, 4) is 0 Å². The van der Waals surface area contributed by atoms with E-state index in [9.17, 15) is 30.3 Å². The molecule has 53 heavy (non-hydrogen) atoms. The van der Waals surface area contributed by atoms with E-state index in [0.717, 1.165) is 57.8 Å². The van der Waals surface area contributed by atoms with Gasteiger partial charge in [-0.3, -0.25) is 4.79 Å². The van der Waals surface area contributed by atoms with Crippen molar-refractivity contribution in [2.45, 2.75) is 236 Å². The summed E-state index contributed by atoms with van der Waals surface area (Å²) in [4.78, 5) is 12.9. The molecule has 312 valence electrons. The SMILES string of the molecule is CCCCCCCCCCC/C=C\CCCCCCCC(=O)NC(COC1OC(CO)C(O)C(O)C1O)C(O)/C=C/CCCCCCCCCCCC. The minimum atomic E-state index is -1.56. The molecule has 1 aliphatic heterocycles. The number of allylic oxidation sites excluding steroid dienone is 3. The van der Waals surface area contributed by atoms with Gasteiger partial charge in [-0.1, -0.05) is 167 Å². The van der Waals surface area contributed by atoms with Crippen molar-refractivity contribution in [3.05, 3.63) is 24.3 Å². The summed E-state index contributed by atoms with van der Waals surface area (Å²) in [7, 11) is 0. The van der Waals surface area contributed by atoms with E-state index in [-0.39, 0.29) is 12.5 Å². The second-order valence-electron chi connectivity index (χ2n) is 15.5. The third kappa shape index (κ3) is 26.2. The number of rotatable bonds is 36. The highest BCUT2D eigenvalue weighted by Crippen LogP contribution is 2.22. The van der Waals surface area contributed by atoms with E-state index in [1.165, 1.54) is 116 Å². The molecule has 6 N–H and O–H groups in total. The normalized spacial score (nSPS) is 21.8. The zero-order valence-electron chi connectivity index (χ0n) is 34.0. The van der Waals surface area contributed by atoms with Crippen LogP contribution in [-0.2, 0) is 14.3 Å². The minimum Gasteiger partial charge on any atom is -0.394 e. The molecule has 1 heterocycles. The summed E-state index contributed by atoms with van der Waals surface area (Å²) in [6, 6.07) is -0.804. The molecule has 0 spiro atoms. The largest absolute Gasteiger partial charge is 0.394 e. The van der Waals surface area contributed by atoms with E-state index in [0.29, 0.717) is 6.42 Å². The van der Waals surface area contributed by atoms with Crippen molar-refractivity contribution in [2.24, 2.45) is 0 Å². The average molecular weight is 754 g/mol. The molecule has 7 atom stereocenters. The standard InChI is InChI=1S/C44H83NO8/c1-3-5-7-9-11-13-15-17-18-19-20-21-22-24-26-28-30-32-34-40(48)45-37(36-52-44-43(51)42(50)41(49)39(35-46)53-44)38(47)33-31-29-27-25-23-16-14-12-10-8-6-4-2/h20-21,31,33,37-39,41-44,46-47,49-51H,3-19,22-30,32,34-36H2,1-2H3,(H,45,48)/b21-20-,33-31+. The lowest BCUT2D eigenvalue weighted by atomic mass is 9.99. The van der Waals surface area contributed by atoms with Crippen molar-refractivity contribution in [2.75, 3.05) is 13.2 Å². The molecule has 0 aromatic heterocycles. The van der Waals surface area contributed by atoms with Gasteiger partial charge in [0.25, 0.3) is 0 Å². The fourth-order valence-corrected chi connectivity index (χ4v) is 6.91. The smallest absolute Gasteiger partial charge is 0.220 e. The number of hydrogen-bond donors (Lipinski definition) is 6. The molecule has 1 fully saturated rings. The van der Waals surface area contributed by atoms with Crippen LogP contribution >= 0.6 is 0 Å². The Bertz CT molecular complexity index is 883. The lowest BCUT2D eigenvalue weighted by Gasteiger charge is -2.40. The van der Waals surface area contributed by atoms with E-state index < -0.39 is 49.5 Å². The maximum atomic E-state index is 12.9. The Kier molecular flexibility index (Phi) is 32.9. The number of unbranched alkanes of at least 4 members (excludes halogenated alkanes) is 24. The predicted molar refractivity (Wildman–Crippen MR) is 217 cm³/mol. The van der Waals surface area contributed by atoms with E-state index >= 15 is 0 Å². The summed E-state index contributed by atoms with van der Waals surface area (Å²) < 4.78 is 11.2. The van der Waals surface area contributed by atoms with Crippen LogP contribution in [0, 0.1) is 0 Å². The minimum absolute atomic E-state index is 0.186. The number of carbonyl (C=O) groups excluding carboxylic acids is 1. The molecule has 9 nitrogen and oxygen atoms in total. The van der Waals surface area contributed by atoms with Gasteiger partial charge < -0.3 is 40.3 Å². The first-order valence-electron chi connectivity index (χ1n) is 22.1. The summed E-state index contributed by atoms with van der Waals surface area (Å²) in [5.41, 5.74) is 0. The molecule has 0 aromatic carbocycles. The number of hydrogen-bond acceptors (Lipinski definition) is 8. The van der Waals surface area contributed by atoms with Crippen LogP contribution < -0.4 is 5.32 Å². The molecule has 0 radical (unpaired) electrons. The number of aliphatic hydroxyl groups excluding tert-OH is 5. The first-order valence-corrected chi connectivity index (χ1v) is 22.1. The van der Waals surface area contributed by atoms with Crippen LogP contribution in [-0.4, -0.2) is 87.5 Å². The number of nitrogens with one attached hydrogen (secondary N) is 1. The molecular formula is C44H83NO8. The Morgan fingerprint density at radius 2 is 1.06 bits per heavy atom. The van der Waals surface area contributed by atoms with Crippen LogP contribution in [0.1, 0.15) is 194 Å². The number of carbonyl (C=O) groups is 1. The fourth-order valence-electron chi connectivity index (χ4n) is 6.91. The lowest BCUT2D eigenvalue weighted by Crippen LogP contribution is -2.60. The van der Waals surface area contributed by atoms with Gasteiger partial charge in [-0.05, 0) is 44.9 Å². The van der Waals surface area contributed by atoms with E-state index in [4.69, 9.17) is 9.47 Å². The fraction of sp³-hybridized carbons (Fsp3) is 0.886. The average Bonchev–Trinajstić information content (AvgIpc) is 3.16. The van der Waals surface area contributed by atoms with Gasteiger partial charge in [0.1, 0.15) is 24.4 Å². The Morgan fingerprint density at radius 3 is 1.53 bits per heavy atom. The van der Waals surface area contributed by atoms with Gasteiger partial charge in [-0.15, -0.1) is 0 Å². The van der Waals surface area contributed by atoms with E-state index in [1.54, 1.807) is 6.08 Å². The van der Waals surface area contributed by atoms with Crippen LogP contribution in [0.5, 0.6) is 0 Å². The molecule has 1 rings (SSSR count). The zero-order chi connectivity index (χ0) is 38.8. The molecule has 1 saturated heterocycles. The summed E-state index contributed by atoms with van der Waals surface area (Å²) in [5, 5.41) is 54.0. The van der Waals surface area contributed by atoms with Crippen molar-refractivity contribution >= 4 is 5.91 Å². The topological polar surface area (TPSA) is 149 Å². The third-order valence-electron chi connectivity index (χ3n) is 10.5. The summed E-state index contributed by atoms with van der Waals surface area (Å²) in [5.74, 6) is -0.186. The van der Waals surface area contributed by atoms with Gasteiger partial charge in [0.2, 0.25) is 5.91 Å². The molecule has 0 bridgehead atoms. The predicted octanol–water partition coefficient (Wildman–Crippen LogP) is 8.72. The molecule has 0 aliphatic carbocycles. The highest BCUT2D eigenvalue weighted by molar-refractivity contribution is 5.76. The maximum Gasteiger partial charge on any atom is 0.220 e. The lowest BCUT2D eigenvalue weighted by molar-refractivity contribution is -0.302. The van der Waals surface area contributed by atoms with Crippen LogP contribution in [0.25, 0.3) is 0 Å². The van der Waals surface area contributed by atoms with Gasteiger partial charge in [-0.25, -0.2) is 0 Å². The number of aliphatic hydroxyl groups is 5. The first-order chi connectivity index (χ1) is 25.8. The van der Waals surface area contributed by atoms with Crippen LogP contribution in [0.4, 0.5) is 0 Å². The van der Waals surface area contributed by atoms with Crippen molar-refractivity contribution in [3.63, 3.8) is 0 Å². The number of amides is 1. The summed E-state index contributed by atoms with van der Waals surface area (Å²) in [6.07, 6.45) is 33.6. The second kappa shape index (κ2) is 35.1. The molecule has 0 saturated carbocycles. The monoisotopic (exact) mass is 754 g/mol. The Morgan fingerprint density at radius 1 is 0.623 bits per heavy atom. The zero-order valence-corrected chi connectivity index (χ0v) is 34.0. The second-order valence-corrected chi connectivity index (χ2v) is 15.5. The van der Waals surface area contributed by atoms with Crippen molar-refractivity contribution in [1.82, 2.24) is 5.32 Å². The maximum absolute atomic E-state index is 12.9. The number of ether oxygens (including phenoxy) is 2. The van der Waals surface area contributed by atoms with Crippen molar-refractivity contribution < 1.29 is 39.8 Å². The quantitative estimate of drug-likeness (QED) is 0.0275. The third-order valence-corrected chi connectivity index (χ3v) is 10.5. The first kappa shape index (κ1) is 49.7. The van der Waals surface area contributed by atoms with Gasteiger partial charge in [0, 0.05) is 6.42 Å². The van der Waals surface area contributed by atoms with Crippen molar-refractivity contribution in [1.29, 1.82) is 0 Å². The van der Waals surface area contributed by atoms with Gasteiger partial charge in [-0.2, -0.15) is 0 Å². The molecule has 1 aliphatic rings. The van der Waals surface area contributed by atoms with Crippen LogP contribution in [0.3, 0.4) is 0 Å². The van der Waals surface area contributed by atoms with Gasteiger partial charge in [0.15, 0.2) is 6.29 Å². The highest BCUT2D eigenvalue weighted by Gasteiger charge is 2.44. The van der Waals surface area contributed by atoms with Crippen LogP contribution in [0.2, 0.25) is 0 Å². The molecule has 9 heteroatoms. The van der Waals surface area contributed by atoms with E-state index in [1.807, 2.05) is 6.08 Å². The molecule has 7 unspecified atom stereocenters.